The van der Waals surface area contributed by atoms with Crippen LogP contribution < -0.4 is 4.74 Å². The van der Waals surface area contributed by atoms with Crippen LogP contribution in [0.2, 0.25) is 0 Å². The van der Waals surface area contributed by atoms with Crippen molar-refractivity contribution < 1.29 is 14.3 Å². The van der Waals surface area contributed by atoms with Crippen molar-refractivity contribution in [3.05, 3.63) is 35.9 Å². The average Bonchev–Trinajstić information content (AvgIpc) is 2.27. The fraction of sp³-hybridized carbons (Fsp3) is 0.308. The minimum absolute atomic E-state index is 0.163. The van der Waals surface area contributed by atoms with Crippen LogP contribution in [0.25, 0.3) is 6.08 Å². The van der Waals surface area contributed by atoms with Crippen LogP contribution in [-0.2, 0) is 9.53 Å². The molecule has 0 fully saturated rings. The lowest BCUT2D eigenvalue weighted by Crippen LogP contribution is -2.05. The van der Waals surface area contributed by atoms with Gasteiger partial charge >= 0.3 is 5.97 Å². The smallest absolute Gasteiger partial charge is 0.330 e. The van der Waals surface area contributed by atoms with Gasteiger partial charge in [0.05, 0.1) is 13.2 Å². The normalized spacial score (nSPS) is 10.8. The van der Waals surface area contributed by atoms with Crippen molar-refractivity contribution in [1.29, 1.82) is 0 Å². The number of benzene rings is 1. The first-order chi connectivity index (χ1) is 7.61. The van der Waals surface area contributed by atoms with E-state index < -0.39 is 0 Å². The van der Waals surface area contributed by atoms with E-state index in [2.05, 4.69) is 4.74 Å². The van der Waals surface area contributed by atoms with Crippen LogP contribution >= 0.6 is 0 Å². The molecule has 0 heterocycles. The summed E-state index contributed by atoms with van der Waals surface area (Å²) in [5.74, 6) is 0.465. The zero-order valence-corrected chi connectivity index (χ0v) is 9.77. The molecule has 3 heteroatoms. The van der Waals surface area contributed by atoms with Crippen molar-refractivity contribution in [2.75, 3.05) is 7.11 Å². The Morgan fingerprint density at radius 1 is 1.25 bits per heavy atom. The summed E-state index contributed by atoms with van der Waals surface area (Å²) in [6.45, 7) is 3.95. The number of carbonyl (C=O) groups excluding carboxylic acids is 1. The lowest BCUT2D eigenvalue weighted by atomic mass is 10.2. The second-order valence-electron chi connectivity index (χ2n) is 3.59. The lowest BCUT2D eigenvalue weighted by molar-refractivity contribution is -0.134. The van der Waals surface area contributed by atoms with Gasteiger partial charge in [-0.1, -0.05) is 12.1 Å². The molecular weight excluding hydrogens is 204 g/mol. The number of carbonyl (C=O) groups is 1. The first-order valence-electron chi connectivity index (χ1n) is 5.14. The first-order valence-corrected chi connectivity index (χ1v) is 5.14. The highest BCUT2D eigenvalue weighted by atomic mass is 16.5. The summed E-state index contributed by atoms with van der Waals surface area (Å²) < 4.78 is 10.00. The van der Waals surface area contributed by atoms with Crippen molar-refractivity contribution in [2.45, 2.75) is 20.0 Å². The van der Waals surface area contributed by atoms with E-state index in [1.165, 1.54) is 13.2 Å². The molecule has 86 valence electrons. The van der Waals surface area contributed by atoms with Gasteiger partial charge in [-0.25, -0.2) is 4.79 Å². The quantitative estimate of drug-likeness (QED) is 0.578. The van der Waals surface area contributed by atoms with E-state index >= 15 is 0 Å². The van der Waals surface area contributed by atoms with Crippen LogP contribution in [0.5, 0.6) is 5.75 Å². The summed E-state index contributed by atoms with van der Waals surface area (Å²) in [5, 5.41) is 0. The van der Waals surface area contributed by atoms with Crippen LogP contribution in [0.1, 0.15) is 19.4 Å². The number of esters is 1. The van der Waals surface area contributed by atoms with Gasteiger partial charge in [0.1, 0.15) is 5.75 Å². The topological polar surface area (TPSA) is 35.5 Å². The van der Waals surface area contributed by atoms with E-state index in [1.54, 1.807) is 6.08 Å². The monoisotopic (exact) mass is 220 g/mol. The molecule has 0 aliphatic rings. The Hall–Kier alpha value is -1.77. The van der Waals surface area contributed by atoms with E-state index in [-0.39, 0.29) is 12.1 Å². The molecule has 0 saturated heterocycles. The number of hydrogen-bond donors (Lipinski definition) is 0. The molecule has 0 radical (unpaired) electrons. The molecule has 0 spiro atoms. The predicted octanol–water partition coefficient (Wildman–Crippen LogP) is 2.66. The molecule has 0 aliphatic heterocycles. The van der Waals surface area contributed by atoms with Crippen LogP contribution in [0.15, 0.2) is 30.3 Å². The summed E-state index contributed by atoms with van der Waals surface area (Å²) in [7, 11) is 1.35. The summed E-state index contributed by atoms with van der Waals surface area (Å²) in [6.07, 6.45) is 3.25. The second-order valence-corrected chi connectivity index (χ2v) is 3.59. The maximum Gasteiger partial charge on any atom is 0.330 e. The summed E-state index contributed by atoms with van der Waals surface area (Å²) in [4.78, 5) is 10.9. The summed E-state index contributed by atoms with van der Waals surface area (Å²) in [5.41, 5.74) is 0.932. The molecule has 0 atom stereocenters. The van der Waals surface area contributed by atoms with Gasteiger partial charge in [0.25, 0.3) is 0 Å². The van der Waals surface area contributed by atoms with Crippen molar-refractivity contribution in [3.8, 4) is 5.75 Å². The standard InChI is InChI=1S/C13H16O3/c1-10(2)16-12-7-4-11(5-8-12)6-9-13(14)15-3/h4-10H,1-3H3/b9-6+. The van der Waals surface area contributed by atoms with Crippen LogP contribution in [0, 0.1) is 0 Å². The second kappa shape index (κ2) is 5.95. The highest BCUT2D eigenvalue weighted by molar-refractivity contribution is 5.86. The molecule has 0 unspecified atom stereocenters. The SMILES string of the molecule is COC(=O)/C=C/c1ccc(OC(C)C)cc1. The molecule has 0 saturated carbocycles. The van der Waals surface area contributed by atoms with Crippen molar-refractivity contribution in [3.63, 3.8) is 0 Å². The Balaban J connectivity index is 2.64. The summed E-state index contributed by atoms with van der Waals surface area (Å²) >= 11 is 0. The van der Waals surface area contributed by atoms with Crippen molar-refractivity contribution in [1.82, 2.24) is 0 Å². The number of ether oxygens (including phenoxy) is 2. The minimum Gasteiger partial charge on any atom is -0.491 e. The van der Waals surface area contributed by atoms with Crippen molar-refractivity contribution in [2.24, 2.45) is 0 Å². The molecule has 0 amide bonds. The minimum atomic E-state index is -0.359. The lowest BCUT2D eigenvalue weighted by Gasteiger charge is -2.09. The van der Waals surface area contributed by atoms with E-state index in [4.69, 9.17) is 4.74 Å². The largest absolute Gasteiger partial charge is 0.491 e. The van der Waals surface area contributed by atoms with Crippen molar-refractivity contribution >= 4 is 12.0 Å². The van der Waals surface area contributed by atoms with Gasteiger partial charge in [-0.2, -0.15) is 0 Å². The fourth-order valence-electron chi connectivity index (χ4n) is 1.16. The van der Waals surface area contributed by atoms with Crippen LogP contribution in [0.4, 0.5) is 0 Å². The molecule has 0 N–H and O–H groups in total. The number of methoxy groups -OCH3 is 1. The molecule has 1 rings (SSSR count). The Morgan fingerprint density at radius 3 is 2.38 bits per heavy atom. The third kappa shape index (κ3) is 4.17. The Morgan fingerprint density at radius 2 is 1.88 bits per heavy atom. The average molecular weight is 220 g/mol. The van der Waals surface area contributed by atoms with E-state index in [1.807, 2.05) is 38.1 Å². The zero-order valence-electron chi connectivity index (χ0n) is 9.77. The Kier molecular flexibility index (Phi) is 4.58. The predicted molar refractivity (Wildman–Crippen MR) is 63.3 cm³/mol. The third-order valence-electron chi connectivity index (χ3n) is 1.86. The van der Waals surface area contributed by atoms with Crippen LogP contribution in [-0.4, -0.2) is 19.2 Å². The molecular formula is C13H16O3. The fourth-order valence-corrected chi connectivity index (χ4v) is 1.16. The van der Waals surface area contributed by atoms with Gasteiger partial charge in [0, 0.05) is 6.08 Å². The molecule has 0 aliphatic carbocycles. The Bertz CT molecular complexity index is 363. The first kappa shape index (κ1) is 12.3. The third-order valence-corrected chi connectivity index (χ3v) is 1.86. The highest BCUT2D eigenvalue weighted by Gasteiger charge is 1.97. The van der Waals surface area contributed by atoms with Gasteiger partial charge < -0.3 is 9.47 Å². The number of rotatable bonds is 4. The maximum absolute atomic E-state index is 10.9. The molecule has 0 bridgehead atoms. The Labute approximate surface area is 95.7 Å². The molecule has 1 aromatic carbocycles. The molecule has 16 heavy (non-hydrogen) atoms. The molecule has 0 aromatic heterocycles. The van der Waals surface area contributed by atoms with Crippen LogP contribution in [0.3, 0.4) is 0 Å². The van der Waals surface area contributed by atoms with E-state index in [0.29, 0.717) is 0 Å². The molecule has 3 nitrogen and oxygen atoms in total. The van der Waals surface area contributed by atoms with Gasteiger partial charge in [-0.05, 0) is 37.6 Å². The highest BCUT2D eigenvalue weighted by Crippen LogP contribution is 2.14. The molecule has 1 aromatic rings. The van der Waals surface area contributed by atoms with Gasteiger partial charge in [0.15, 0.2) is 0 Å². The van der Waals surface area contributed by atoms with Gasteiger partial charge in [-0.3, -0.25) is 0 Å². The van der Waals surface area contributed by atoms with Gasteiger partial charge in [0.2, 0.25) is 0 Å². The van der Waals surface area contributed by atoms with E-state index in [9.17, 15) is 4.79 Å². The summed E-state index contributed by atoms with van der Waals surface area (Å²) in [6, 6.07) is 7.52. The number of hydrogen-bond acceptors (Lipinski definition) is 3. The van der Waals surface area contributed by atoms with Gasteiger partial charge in [-0.15, -0.1) is 0 Å². The zero-order chi connectivity index (χ0) is 12.0. The maximum atomic E-state index is 10.9. The van der Waals surface area contributed by atoms with E-state index in [0.717, 1.165) is 11.3 Å².